The minimum absolute atomic E-state index is 0.00118. The van der Waals surface area contributed by atoms with Crippen molar-refractivity contribution >= 4 is 33.5 Å². The van der Waals surface area contributed by atoms with Gasteiger partial charge in [0.2, 0.25) is 0 Å². The first-order valence-corrected chi connectivity index (χ1v) is 6.39. The van der Waals surface area contributed by atoms with Crippen molar-refractivity contribution in [2.75, 3.05) is 0 Å². The summed E-state index contributed by atoms with van der Waals surface area (Å²) < 4.78 is 6.58. The summed E-state index contributed by atoms with van der Waals surface area (Å²) in [6.07, 6.45) is 0. The number of aryl methyl sites for hydroxylation is 1. The number of aromatic hydroxyl groups is 1. The highest BCUT2D eigenvalue weighted by Crippen LogP contribution is 2.28. The first-order valence-electron chi connectivity index (χ1n) is 6.02. The molecule has 0 fully saturated rings. The SMILES string of the molecule is CCn1c(=O)c2c(O)cc(=O)oc2c2ccc(Cl)cc21. The third-order valence-corrected chi connectivity index (χ3v) is 3.45. The topological polar surface area (TPSA) is 72.4 Å². The maximum absolute atomic E-state index is 12.4. The van der Waals surface area contributed by atoms with Crippen LogP contribution >= 0.6 is 11.6 Å². The lowest BCUT2D eigenvalue weighted by Crippen LogP contribution is -2.20. The molecule has 0 aliphatic heterocycles. The normalized spacial score (nSPS) is 11.3. The smallest absolute Gasteiger partial charge is 0.339 e. The summed E-state index contributed by atoms with van der Waals surface area (Å²) in [5.74, 6) is -0.375. The van der Waals surface area contributed by atoms with Gasteiger partial charge in [-0.25, -0.2) is 4.79 Å². The van der Waals surface area contributed by atoms with Gasteiger partial charge in [0.1, 0.15) is 11.1 Å². The molecule has 2 aromatic heterocycles. The molecular weight excluding hydrogens is 282 g/mol. The fourth-order valence-electron chi connectivity index (χ4n) is 2.36. The summed E-state index contributed by atoms with van der Waals surface area (Å²) in [6.45, 7) is 2.22. The fourth-order valence-corrected chi connectivity index (χ4v) is 2.52. The van der Waals surface area contributed by atoms with Crippen LogP contribution in [0.3, 0.4) is 0 Å². The number of nitrogens with zero attached hydrogens (tertiary/aromatic N) is 1. The van der Waals surface area contributed by atoms with Crippen LogP contribution in [-0.2, 0) is 6.54 Å². The lowest BCUT2D eigenvalue weighted by Gasteiger charge is -2.11. The van der Waals surface area contributed by atoms with Gasteiger partial charge in [-0.15, -0.1) is 0 Å². The molecule has 0 saturated carbocycles. The van der Waals surface area contributed by atoms with E-state index in [1.165, 1.54) is 4.57 Å². The molecule has 2 heterocycles. The molecule has 0 saturated heterocycles. The number of halogens is 1. The number of aromatic nitrogens is 1. The van der Waals surface area contributed by atoms with Crippen LogP contribution in [0.25, 0.3) is 21.9 Å². The Hall–Kier alpha value is -2.27. The summed E-state index contributed by atoms with van der Waals surface area (Å²) in [5.41, 5.74) is -0.485. The van der Waals surface area contributed by atoms with Crippen molar-refractivity contribution in [2.24, 2.45) is 0 Å². The zero-order valence-electron chi connectivity index (χ0n) is 10.5. The van der Waals surface area contributed by atoms with Crippen molar-refractivity contribution in [3.63, 3.8) is 0 Å². The number of fused-ring (bicyclic) bond motifs is 3. The summed E-state index contributed by atoms with van der Waals surface area (Å²) in [6, 6.07) is 5.82. The van der Waals surface area contributed by atoms with E-state index in [-0.39, 0.29) is 16.7 Å². The van der Waals surface area contributed by atoms with Crippen LogP contribution in [0.4, 0.5) is 0 Å². The van der Waals surface area contributed by atoms with Gasteiger partial charge in [0.05, 0.1) is 11.6 Å². The molecule has 102 valence electrons. The second kappa shape index (κ2) is 4.38. The average Bonchev–Trinajstić information content (AvgIpc) is 2.38. The van der Waals surface area contributed by atoms with E-state index in [1.807, 2.05) is 6.92 Å². The van der Waals surface area contributed by atoms with Crippen LogP contribution in [0.5, 0.6) is 5.75 Å². The molecule has 0 atom stereocenters. The number of pyridine rings is 1. The Morgan fingerprint density at radius 2 is 2.05 bits per heavy atom. The molecule has 20 heavy (non-hydrogen) atoms. The summed E-state index contributed by atoms with van der Waals surface area (Å²) in [5, 5.41) is 10.9. The molecule has 0 amide bonds. The molecule has 3 rings (SSSR count). The quantitative estimate of drug-likeness (QED) is 0.699. The number of hydrogen-bond acceptors (Lipinski definition) is 4. The number of hydrogen-bond donors (Lipinski definition) is 1. The Morgan fingerprint density at radius 1 is 1.30 bits per heavy atom. The first kappa shape index (κ1) is 12.7. The van der Waals surface area contributed by atoms with E-state index in [2.05, 4.69) is 0 Å². The molecule has 5 nitrogen and oxygen atoms in total. The Kier molecular flexibility index (Phi) is 2.79. The van der Waals surface area contributed by atoms with E-state index >= 15 is 0 Å². The minimum Gasteiger partial charge on any atom is -0.507 e. The van der Waals surface area contributed by atoms with E-state index in [1.54, 1.807) is 18.2 Å². The van der Waals surface area contributed by atoms with Gasteiger partial charge in [-0.2, -0.15) is 0 Å². The van der Waals surface area contributed by atoms with Crippen LogP contribution < -0.4 is 11.2 Å². The van der Waals surface area contributed by atoms with Gasteiger partial charge < -0.3 is 14.1 Å². The molecular formula is C14H10ClNO4. The van der Waals surface area contributed by atoms with E-state index in [0.717, 1.165) is 6.07 Å². The summed E-state index contributed by atoms with van der Waals surface area (Å²) in [7, 11) is 0. The third-order valence-electron chi connectivity index (χ3n) is 3.21. The monoisotopic (exact) mass is 291 g/mol. The predicted octanol–water partition coefficient (Wildman–Crippen LogP) is 2.49. The Bertz CT molecular complexity index is 955. The fraction of sp³-hybridized carbons (Fsp3) is 0.143. The van der Waals surface area contributed by atoms with E-state index in [4.69, 9.17) is 16.0 Å². The van der Waals surface area contributed by atoms with Crippen molar-refractivity contribution in [1.29, 1.82) is 0 Å². The zero-order valence-corrected chi connectivity index (χ0v) is 11.3. The van der Waals surface area contributed by atoms with E-state index in [0.29, 0.717) is 22.5 Å². The predicted molar refractivity (Wildman–Crippen MR) is 76.6 cm³/mol. The third kappa shape index (κ3) is 1.71. The maximum atomic E-state index is 12.4. The molecule has 1 aromatic carbocycles. The molecule has 0 aliphatic carbocycles. The lowest BCUT2D eigenvalue weighted by molar-refractivity contribution is 0.467. The van der Waals surface area contributed by atoms with Gasteiger partial charge in [-0.05, 0) is 25.1 Å². The lowest BCUT2D eigenvalue weighted by atomic mass is 10.1. The van der Waals surface area contributed by atoms with Gasteiger partial charge in [0, 0.05) is 17.0 Å². The highest BCUT2D eigenvalue weighted by atomic mass is 35.5. The largest absolute Gasteiger partial charge is 0.507 e. The van der Waals surface area contributed by atoms with Crippen LogP contribution in [0.15, 0.2) is 38.3 Å². The van der Waals surface area contributed by atoms with Crippen LogP contribution in [0, 0.1) is 0 Å². The Labute approximate surface area is 117 Å². The van der Waals surface area contributed by atoms with Crippen LogP contribution in [0.2, 0.25) is 5.02 Å². The second-order valence-corrected chi connectivity index (χ2v) is 4.80. The molecule has 1 N–H and O–H groups in total. The summed E-state index contributed by atoms with van der Waals surface area (Å²) >= 11 is 5.96. The molecule has 0 radical (unpaired) electrons. The summed E-state index contributed by atoms with van der Waals surface area (Å²) in [4.78, 5) is 23.8. The van der Waals surface area contributed by atoms with Crippen LogP contribution in [0.1, 0.15) is 6.92 Å². The molecule has 0 unspecified atom stereocenters. The van der Waals surface area contributed by atoms with Crippen molar-refractivity contribution in [1.82, 2.24) is 4.57 Å². The standard InChI is InChI=1S/C14H10ClNO4/c1-2-16-9-5-7(15)3-4-8(9)13-12(14(16)19)10(17)6-11(18)20-13/h3-6,17H,2H2,1H3. The first-order chi connectivity index (χ1) is 9.52. The molecule has 6 heteroatoms. The molecule has 0 aliphatic rings. The van der Waals surface area contributed by atoms with Crippen molar-refractivity contribution < 1.29 is 9.52 Å². The van der Waals surface area contributed by atoms with Gasteiger partial charge in [-0.3, -0.25) is 4.79 Å². The Morgan fingerprint density at radius 3 is 2.75 bits per heavy atom. The molecule has 0 bridgehead atoms. The van der Waals surface area contributed by atoms with Gasteiger partial charge in [-0.1, -0.05) is 11.6 Å². The van der Waals surface area contributed by atoms with Gasteiger partial charge in [0.25, 0.3) is 5.56 Å². The van der Waals surface area contributed by atoms with E-state index < -0.39 is 11.2 Å². The van der Waals surface area contributed by atoms with Crippen molar-refractivity contribution in [3.05, 3.63) is 50.1 Å². The number of benzene rings is 1. The van der Waals surface area contributed by atoms with Crippen LogP contribution in [-0.4, -0.2) is 9.67 Å². The minimum atomic E-state index is -0.708. The van der Waals surface area contributed by atoms with Gasteiger partial charge in [0.15, 0.2) is 5.58 Å². The molecule has 3 aromatic rings. The maximum Gasteiger partial charge on any atom is 0.339 e. The zero-order chi connectivity index (χ0) is 14.4. The highest BCUT2D eigenvalue weighted by Gasteiger charge is 2.16. The van der Waals surface area contributed by atoms with Crippen molar-refractivity contribution in [2.45, 2.75) is 13.5 Å². The Balaban J connectivity index is 2.73. The van der Waals surface area contributed by atoms with E-state index in [9.17, 15) is 14.7 Å². The molecule has 0 spiro atoms. The number of rotatable bonds is 1. The highest BCUT2D eigenvalue weighted by molar-refractivity contribution is 6.31. The average molecular weight is 292 g/mol. The second-order valence-electron chi connectivity index (χ2n) is 4.37. The van der Waals surface area contributed by atoms with Crippen molar-refractivity contribution in [3.8, 4) is 5.75 Å². The van der Waals surface area contributed by atoms with Gasteiger partial charge >= 0.3 is 5.63 Å².